The topological polar surface area (TPSA) is 99.7 Å². The molecule has 0 spiro atoms. The maximum Gasteiger partial charge on any atom is 0.339 e. The Morgan fingerprint density at radius 2 is 2.21 bits per heavy atom. The number of fused-ring (bicyclic) bond motifs is 1. The molecule has 6 nitrogen and oxygen atoms in total. The predicted molar refractivity (Wildman–Crippen MR) is 70.0 cm³/mol. The van der Waals surface area contributed by atoms with E-state index < -0.39 is 5.97 Å². The second kappa shape index (κ2) is 4.38. The molecule has 6 heteroatoms. The van der Waals surface area contributed by atoms with Crippen LogP contribution in [0, 0.1) is 11.8 Å². The molecule has 2 fully saturated rings. The van der Waals surface area contributed by atoms with E-state index in [0.29, 0.717) is 24.0 Å². The summed E-state index contributed by atoms with van der Waals surface area (Å²) in [5, 5.41) is 19.1. The first kappa shape index (κ1) is 12.2. The molecule has 102 valence electrons. The van der Waals surface area contributed by atoms with Crippen molar-refractivity contribution in [1.29, 1.82) is 0 Å². The molecule has 1 aromatic heterocycles. The fourth-order valence-corrected chi connectivity index (χ4v) is 3.29. The number of pyridine rings is 1. The van der Waals surface area contributed by atoms with Gasteiger partial charge < -0.3 is 20.8 Å². The van der Waals surface area contributed by atoms with E-state index >= 15 is 0 Å². The zero-order valence-electron chi connectivity index (χ0n) is 10.5. The molecule has 1 saturated carbocycles. The minimum Gasteiger partial charge on any atom is -0.478 e. The SMILES string of the molecule is Nc1cnc(N2CC3CCC(O)C3C2)c(C(=O)O)c1. The van der Waals surface area contributed by atoms with Gasteiger partial charge in [0.05, 0.1) is 18.0 Å². The van der Waals surface area contributed by atoms with E-state index in [0.717, 1.165) is 19.4 Å². The van der Waals surface area contributed by atoms with E-state index in [2.05, 4.69) is 4.98 Å². The molecule has 2 aliphatic rings. The van der Waals surface area contributed by atoms with Gasteiger partial charge in [0, 0.05) is 19.0 Å². The quantitative estimate of drug-likeness (QED) is 0.721. The largest absolute Gasteiger partial charge is 0.478 e. The van der Waals surface area contributed by atoms with E-state index in [9.17, 15) is 15.0 Å². The molecular formula is C13H17N3O3. The second-order valence-corrected chi connectivity index (χ2v) is 5.42. The van der Waals surface area contributed by atoms with Crippen molar-refractivity contribution in [2.24, 2.45) is 11.8 Å². The Morgan fingerprint density at radius 1 is 1.42 bits per heavy atom. The van der Waals surface area contributed by atoms with Crippen LogP contribution in [0.15, 0.2) is 12.3 Å². The average molecular weight is 263 g/mol. The molecule has 19 heavy (non-hydrogen) atoms. The van der Waals surface area contributed by atoms with Gasteiger partial charge in [-0.1, -0.05) is 0 Å². The van der Waals surface area contributed by atoms with Gasteiger partial charge in [0.1, 0.15) is 11.4 Å². The lowest BCUT2D eigenvalue weighted by atomic mass is 10.00. The minimum absolute atomic E-state index is 0.134. The molecule has 1 saturated heterocycles. The molecule has 0 aromatic carbocycles. The van der Waals surface area contributed by atoms with Crippen LogP contribution in [0.2, 0.25) is 0 Å². The standard InChI is InChI=1S/C13H17N3O3/c14-8-3-9(13(18)19)12(15-4-8)16-5-7-1-2-11(17)10(7)6-16/h3-4,7,10-11,17H,1-2,5-6,14H2,(H,18,19). The minimum atomic E-state index is -1.02. The fourth-order valence-electron chi connectivity index (χ4n) is 3.29. The van der Waals surface area contributed by atoms with Crippen molar-refractivity contribution < 1.29 is 15.0 Å². The van der Waals surface area contributed by atoms with Crippen molar-refractivity contribution in [2.45, 2.75) is 18.9 Å². The van der Waals surface area contributed by atoms with Crippen LogP contribution in [0.3, 0.4) is 0 Å². The molecule has 1 aliphatic carbocycles. The summed E-state index contributed by atoms with van der Waals surface area (Å²) in [6.45, 7) is 1.43. The average Bonchev–Trinajstić information content (AvgIpc) is 2.92. The summed E-state index contributed by atoms with van der Waals surface area (Å²) < 4.78 is 0. The number of aliphatic hydroxyl groups excluding tert-OH is 1. The highest BCUT2D eigenvalue weighted by atomic mass is 16.4. The summed E-state index contributed by atoms with van der Waals surface area (Å²) in [7, 11) is 0. The van der Waals surface area contributed by atoms with E-state index in [1.54, 1.807) is 0 Å². The molecule has 1 aliphatic heterocycles. The molecular weight excluding hydrogens is 246 g/mol. The molecule has 4 N–H and O–H groups in total. The Labute approximate surface area is 110 Å². The van der Waals surface area contributed by atoms with Gasteiger partial charge in [-0.3, -0.25) is 0 Å². The third-order valence-corrected chi connectivity index (χ3v) is 4.24. The van der Waals surface area contributed by atoms with Crippen molar-refractivity contribution >= 4 is 17.5 Å². The van der Waals surface area contributed by atoms with Gasteiger partial charge in [-0.05, 0) is 24.8 Å². The lowest BCUT2D eigenvalue weighted by molar-refractivity contribution is 0.0697. The molecule has 2 heterocycles. The molecule has 0 amide bonds. The number of aromatic carboxylic acids is 1. The molecule has 3 unspecified atom stereocenters. The highest BCUT2D eigenvalue weighted by Crippen LogP contribution is 2.40. The molecule has 0 bridgehead atoms. The first-order valence-electron chi connectivity index (χ1n) is 6.48. The fraction of sp³-hybridized carbons (Fsp3) is 0.538. The highest BCUT2D eigenvalue weighted by molar-refractivity contribution is 5.94. The molecule has 0 radical (unpaired) electrons. The maximum atomic E-state index is 11.3. The van der Waals surface area contributed by atoms with Crippen LogP contribution in [-0.4, -0.2) is 40.4 Å². The summed E-state index contributed by atoms with van der Waals surface area (Å²) >= 11 is 0. The van der Waals surface area contributed by atoms with Crippen LogP contribution in [0.5, 0.6) is 0 Å². The summed E-state index contributed by atoms with van der Waals surface area (Å²) in [6, 6.07) is 1.44. The van der Waals surface area contributed by atoms with E-state index in [-0.39, 0.29) is 17.6 Å². The van der Waals surface area contributed by atoms with Crippen LogP contribution in [0.25, 0.3) is 0 Å². The number of carboxylic acid groups (broad SMARTS) is 1. The van der Waals surface area contributed by atoms with Gasteiger partial charge in [0.15, 0.2) is 0 Å². The van der Waals surface area contributed by atoms with E-state index in [4.69, 9.17) is 5.73 Å². The Hall–Kier alpha value is -1.82. The summed E-state index contributed by atoms with van der Waals surface area (Å²) in [5.41, 5.74) is 6.08. The lowest BCUT2D eigenvalue weighted by Crippen LogP contribution is -2.27. The van der Waals surface area contributed by atoms with Crippen LogP contribution in [0.1, 0.15) is 23.2 Å². The second-order valence-electron chi connectivity index (χ2n) is 5.42. The number of aromatic nitrogens is 1. The van der Waals surface area contributed by atoms with Crippen LogP contribution in [0.4, 0.5) is 11.5 Å². The third kappa shape index (κ3) is 2.02. The van der Waals surface area contributed by atoms with Gasteiger partial charge in [0.2, 0.25) is 0 Å². The van der Waals surface area contributed by atoms with Crippen LogP contribution in [-0.2, 0) is 0 Å². The number of nitrogens with two attached hydrogens (primary N) is 1. The van der Waals surface area contributed by atoms with Gasteiger partial charge in [-0.25, -0.2) is 9.78 Å². The molecule has 1 aromatic rings. The molecule has 3 rings (SSSR count). The number of anilines is 2. The normalized spacial score (nSPS) is 29.5. The van der Waals surface area contributed by atoms with Crippen molar-refractivity contribution in [3.8, 4) is 0 Å². The zero-order valence-corrected chi connectivity index (χ0v) is 10.5. The van der Waals surface area contributed by atoms with Crippen molar-refractivity contribution in [3.63, 3.8) is 0 Å². The highest BCUT2D eigenvalue weighted by Gasteiger charge is 2.42. The number of hydrogen-bond donors (Lipinski definition) is 3. The number of hydrogen-bond acceptors (Lipinski definition) is 5. The van der Waals surface area contributed by atoms with E-state index in [1.807, 2.05) is 4.90 Å². The number of aliphatic hydroxyl groups is 1. The number of carboxylic acids is 1. The van der Waals surface area contributed by atoms with Gasteiger partial charge in [0.25, 0.3) is 0 Å². The lowest BCUT2D eigenvalue weighted by Gasteiger charge is -2.21. The van der Waals surface area contributed by atoms with Crippen molar-refractivity contribution in [2.75, 3.05) is 23.7 Å². The van der Waals surface area contributed by atoms with Crippen molar-refractivity contribution in [1.82, 2.24) is 4.98 Å². The Kier molecular flexibility index (Phi) is 2.82. The smallest absolute Gasteiger partial charge is 0.339 e. The van der Waals surface area contributed by atoms with Crippen molar-refractivity contribution in [3.05, 3.63) is 17.8 Å². The Morgan fingerprint density at radius 3 is 2.89 bits per heavy atom. The first-order valence-corrected chi connectivity index (χ1v) is 6.48. The Bertz CT molecular complexity index is 520. The number of rotatable bonds is 2. The van der Waals surface area contributed by atoms with Gasteiger partial charge in [-0.15, -0.1) is 0 Å². The van der Waals surface area contributed by atoms with Gasteiger partial charge >= 0.3 is 5.97 Å². The summed E-state index contributed by atoms with van der Waals surface area (Å²) in [4.78, 5) is 17.4. The maximum absolute atomic E-state index is 11.3. The first-order chi connectivity index (χ1) is 9.06. The summed E-state index contributed by atoms with van der Waals surface area (Å²) in [6.07, 6.45) is 3.06. The van der Waals surface area contributed by atoms with E-state index in [1.165, 1.54) is 12.3 Å². The molecule has 3 atom stereocenters. The third-order valence-electron chi connectivity index (χ3n) is 4.24. The summed E-state index contributed by atoms with van der Waals surface area (Å²) in [5.74, 6) is 0.118. The van der Waals surface area contributed by atoms with Gasteiger partial charge in [-0.2, -0.15) is 0 Å². The number of nitrogens with zero attached hydrogens (tertiary/aromatic N) is 2. The van der Waals surface area contributed by atoms with Crippen LogP contribution < -0.4 is 10.6 Å². The zero-order chi connectivity index (χ0) is 13.6. The monoisotopic (exact) mass is 263 g/mol. The predicted octanol–water partition coefficient (Wildman–Crippen LogP) is 0.569. The van der Waals surface area contributed by atoms with Crippen LogP contribution >= 0.6 is 0 Å². The number of nitrogen functional groups attached to an aromatic ring is 1. The Balaban J connectivity index is 1.90. The number of carbonyl (C=O) groups is 1.